The first-order chi connectivity index (χ1) is 12.3. The van der Waals surface area contributed by atoms with Crippen molar-refractivity contribution < 1.29 is 17.6 Å². The van der Waals surface area contributed by atoms with E-state index < -0.39 is 15.8 Å². The number of aryl methyl sites for hydroxylation is 1. The number of sulfonamides is 1. The zero-order valence-corrected chi connectivity index (χ0v) is 15.7. The Morgan fingerprint density at radius 1 is 1.12 bits per heavy atom. The summed E-state index contributed by atoms with van der Waals surface area (Å²) in [6.07, 6.45) is 0.831. The molecule has 0 saturated heterocycles. The molecule has 140 valence electrons. The van der Waals surface area contributed by atoms with Crippen molar-refractivity contribution in [2.24, 2.45) is 0 Å². The molecular weight excluding hydrogens is 355 g/mol. The van der Waals surface area contributed by atoms with Gasteiger partial charge in [-0.15, -0.1) is 0 Å². The maximum atomic E-state index is 13.8. The molecule has 2 rings (SSSR count). The highest BCUT2D eigenvalue weighted by Gasteiger charge is 2.16. The maximum Gasteiger partial charge on any atom is 0.240 e. The van der Waals surface area contributed by atoms with E-state index in [2.05, 4.69) is 4.72 Å². The predicted octanol–water partition coefficient (Wildman–Crippen LogP) is 2.72. The van der Waals surface area contributed by atoms with Crippen LogP contribution in [0.15, 0.2) is 53.4 Å². The first-order valence-electron chi connectivity index (χ1n) is 8.41. The van der Waals surface area contributed by atoms with Gasteiger partial charge in [0.1, 0.15) is 5.82 Å². The van der Waals surface area contributed by atoms with Crippen molar-refractivity contribution in [1.29, 1.82) is 0 Å². The third-order valence-corrected chi connectivity index (χ3v) is 5.56. The molecule has 0 aliphatic carbocycles. The number of amides is 1. The van der Waals surface area contributed by atoms with Crippen LogP contribution in [0.5, 0.6) is 0 Å². The van der Waals surface area contributed by atoms with Crippen LogP contribution >= 0.6 is 0 Å². The summed E-state index contributed by atoms with van der Waals surface area (Å²) in [6.45, 7) is 3.66. The van der Waals surface area contributed by atoms with Crippen LogP contribution in [0.2, 0.25) is 0 Å². The lowest BCUT2D eigenvalue weighted by molar-refractivity contribution is -0.129. The summed E-state index contributed by atoms with van der Waals surface area (Å²) in [4.78, 5) is 13.4. The van der Waals surface area contributed by atoms with Gasteiger partial charge in [0, 0.05) is 32.1 Å². The quantitative estimate of drug-likeness (QED) is 0.768. The van der Waals surface area contributed by atoms with Crippen LogP contribution in [0.1, 0.15) is 25.0 Å². The van der Waals surface area contributed by atoms with Crippen molar-refractivity contribution in [3.8, 4) is 0 Å². The average molecular weight is 378 g/mol. The van der Waals surface area contributed by atoms with Crippen LogP contribution < -0.4 is 4.72 Å². The van der Waals surface area contributed by atoms with Crippen molar-refractivity contribution in [2.75, 3.05) is 13.1 Å². The van der Waals surface area contributed by atoms with Crippen molar-refractivity contribution in [3.63, 3.8) is 0 Å². The van der Waals surface area contributed by atoms with Gasteiger partial charge in [0.05, 0.1) is 4.90 Å². The molecule has 1 amide bonds. The number of halogens is 1. The van der Waals surface area contributed by atoms with Crippen LogP contribution in [-0.2, 0) is 27.8 Å². The van der Waals surface area contributed by atoms with Crippen molar-refractivity contribution in [1.82, 2.24) is 9.62 Å². The topological polar surface area (TPSA) is 66.5 Å². The standard InChI is InChI=1S/C19H23FN2O3S/c1-3-16-8-10-18(11-9-16)26(24,25)21-12-13-22(15(2)23)14-17-6-4-5-7-19(17)20/h4-11,21H,3,12-14H2,1-2H3. The fraction of sp³-hybridized carbons (Fsp3) is 0.316. The zero-order valence-electron chi connectivity index (χ0n) is 14.9. The smallest absolute Gasteiger partial charge is 0.240 e. The minimum Gasteiger partial charge on any atom is -0.337 e. The Labute approximate surface area is 153 Å². The molecule has 0 aromatic heterocycles. The van der Waals surface area contributed by atoms with Gasteiger partial charge in [0.15, 0.2) is 0 Å². The lowest BCUT2D eigenvalue weighted by atomic mass is 10.2. The number of benzene rings is 2. The van der Waals surface area contributed by atoms with E-state index in [1.165, 1.54) is 17.9 Å². The number of hydrogen-bond acceptors (Lipinski definition) is 3. The minimum atomic E-state index is -3.65. The Kier molecular flexibility index (Phi) is 6.88. The Balaban J connectivity index is 1.98. The van der Waals surface area contributed by atoms with E-state index in [9.17, 15) is 17.6 Å². The van der Waals surface area contributed by atoms with Gasteiger partial charge in [-0.3, -0.25) is 4.79 Å². The molecule has 1 N–H and O–H groups in total. The Bertz CT molecular complexity index is 851. The van der Waals surface area contributed by atoms with E-state index in [1.54, 1.807) is 42.5 Å². The molecule has 5 nitrogen and oxygen atoms in total. The second kappa shape index (κ2) is 8.91. The zero-order chi connectivity index (χ0) is 19.2. The summed E-state index contributed by atoms with van der Waals surface area (Å²) in [5, 5.41) is 0. The number of nitrogens with one attached hydrogen (secondary N) is 1. The minimum absolute atomic E-state index is 0.0475. The summed E-state index contributed by atoms with van der Waals surface area (Å²) in [7, 11) is -3.65. The van der Waals surface area contributed by atoms with E-state index in [0.29, 0.717) is 5.56 Å². The number of carbonyl (C=O) groups excluding carboxylic acids is 1. The fourth-order valence-electron chi connectivity index (χ4n) is 2.48. The van der Waals surface area contributed by atoms with E-state index >= 15 is 0 Å². The molecule has 2 aromatic carbocycles. The number of rotatable bonds is 8. The summed E-state index contributed by atoms with van der Waals surface area (Å²) < 4.78 is 40.9. The monoisotopic (exact) mass is 378 g/mol. The first-order valence-corrected chi connectivity index (χ1v) is 9.89. The molecule has 0 aliphatic rings. The molecule has 2 aromatic rings. The SMILES string of the molecule is CCc1ccc(S(=O)(=O)NCCN(Cc2ccccc2F)C(C)=O)cc1. The summed E-state index contributed by atoms with van der Waals surface area (Å²) in [6, 6.07) is 12.9. The van der Waals surface area contributed by atoms with Gasteiger partial charge >= 0.3 is 0 Å². The van der Waals surface area contributed by atoms with Crippen LogP contribution in [0, 0.1) is 5.82 Å². The summed E-state index contributed by atoms with van der Waals surface area (Å²) >= 11 is 0. The molecule has 0 spiro atoms. The second-order valence-electron chi connectivity index (χ2n) is 5.93. The molecule has 0 bridgehead atoms. The normalized spacial score (nSPS) is 11.3. The number of carbonyl (C=O) groups is 1. The predicted molar refractivity (Wildman–Crippen MR) is 98.5 cm³/mol. The highest BCUT2D eigenvalue weighted by atomic mass is 32.2. The lowest BCUT2D eigenvalue weighted by Gasteiger charge is -2.21. The largest absolute Gasteiger partial charge is 0.337 e. The number of nitrogens with zero attached hydrogens (tertiary/aromatic N) is 1. The van der Waals surface area contributed by atoms with Gasteiger partial charge in [-0.1, -0.05) is 37.3 Å². The van der Waals surface area contributed by atoms with Crippen LogP contribution in [0.25, 0.3) is 0 Å². The van der Waals surface area contributed by atoms with Gasteiger partial charge in [-0.25, -0.2) is 17.5 Å². The lowest BCUT2D eigenvalue weighted by Crippen LogP contribution is -2.37. The highest BCUT2D eigenvalue weighted by molar-refractivity contribution is 7.89. The summed E-state index contributed by atoms with van der Waals surface area (Å²) in [5.74, 6) is -0.643. The summed E-state index contributed by atoms with van der Waals surface area (Å²) in [5.41, 5.74) is 1.44. The molecule has 0 saturated carbocycles. The third-order valence-electron chi connectivity index (χ3n) is 4.08. The molecule has 0 fully saturated rings. The average Bonchev–Trinajstić information content (AvgIpc) is 2.62. The van der Waals surface area contributed by atoms with Crippen LogP contribution in [0.4, 0.5) is 4.39 Å². The van der Waals surface area contributed by atoms with Gasteiger partial charge < -0.3 is 4.90 Å². The first kappa shape index (κ1) is 20.1. The second-order valence-corrected chi connectivity index (χ2v) is 7.69. The Morgan fingerprint density at radius 2 is 1.77 bits per heavy atom. The highest BCUT2D eigenvalue weighted by Crippen LogP contribution is 2.12. The van der Waals surface area contributed by atoms with E-state index in [4.69, 9.17) is 0 Å². The van der Waals surface area contributed by atoms with E-state index in [1.807, 2.05) is 6.92 Å². The van der Waals surface area contributed by atoms with Gasteiger partial charge in [-0.2, -0.15) is 0 Å². The molecule has 0 unspecified atom stereocenters. The molecule has 0 atom stereocenters. The van der Waals surface area contributed by atoms with Crippen LogP contribution in [0.3, 0.4) is 0 Å². The third kappa shape index (κ3) is 5.37. The molecular formula is C19H23FN2O3S. The molecule has 26 heavy (non-hydrogen) atoms. The Morgan fingerprint density at radius 3 is 2.35 bits per heavy atom. The van der Waals surface area contributed by atoms with E-state index in [0.717, 1.165) is 12.0 Å². The molecule has 0 aliphatic heterocycles. The maximum absolute atomic E-state index is 13.8. The van der Waals surface area contributed by atoms with Crippen molar-refractivity contribution >= 4 is 15.9 Å². The molecule has 0 radical (unpaired) electrons. The molecule has 7 heteroatoms. The number of hydrogen-bond donors (Lipinski definition) is 1. The fourth-order valence-corrected chi connectivity index (χ4v) is 3.50. The Hall–Kier alpha value is -2.25. The van der Waals surface area contributed by atoms with Gasteiger partial charge in [-0.05, 0) is 30.2 Å². The van der Waals surface area contributed by atoms with Crippen LogP contribution in [-0.4, -0.2) is 32.3 Å². The molecule has 0 heterocycles. The van der Waals surface area contributed by atoms with Gasteiger partial charge in [0.25, 0.3) is 0 Å². The van der Waals surface area contributed by atoms with Crippen molar-refractivity contribution in [3.05, 3.63) is 65.5 Å². The van der Waals surface area contributed by atoms with Crippen molar-refractivity contribution in [2.45, 2.75) is 31.7 Å². The van der Waals surface area contributed by atoms with Gasteiger partial charge in [0.2, 0.25) is 15.9 Å². The van der Waals surface area contributed by atoms with E-state index in [-0.39, 0.29) is 30.4 Å².